The van der Waals surface area contributed by atoms with Crippen molar-refractivity contribution >= 4 is 5.97 Å². The fourth-order valence-electron chi connectivity index (χ4n) is 0. The summed E-state index contributed by atoms with van der Waals surface area (Å²) in [4.78, 5) is 9.60. The number of carboxylic acids is 1. The number of carboxylic acid groups (broad SMARTS) is 1. The maximum Gasteiger partial charge on any atom is 0.330 e. The molecule has 86 valence electrons. The van der Waals surface area contributed by atoms with Crippen molar-refractivity contribution < 1.29 is 30.3 Å². The summed E-state index contributed by atoms with van der Waals surface area (Å²) in [6.07, 6.45) is 0. The van der Waals surface area contributed by atoms with E-state index in [4.69, 9.17) is 25.5 Å². The number of hydrogen-bond donors (Lipinski definition) is 5. The van der Waals surface area contributed by atoms with E-state index in [1.807, 2.05) is 0 Å². The molecule has 0 saturated carbocycles. The molecule has 0 rings (SSSR count). The zero-order chi connectivity index (χ0) is 12.0. The summed E-state index contributed by atoms with van der Waals surface area (Å²) >= 11 is 0. The average Bonchev–Trinajstić information content (AvgIpc) is 2.18. The van der Waals surface area contributed by atoms with Gasteiger partial charge in [-0.15, -0.1) is 0 Å². The highest BCUT2D eigenvalue weighted by atomic mass is 16.4. The van der Waals surface area contributed by atoms with Gasteiger partial charge in [-0.2, -0.15) is 0 Å². The highest BCUT2D eigenvalue weighted by molar-refractivity contribution is 5.84. The van der Waals surface area contributed by atoms with Crippen LogP contribution in [-0.4, -0.2) is 57.9 Å². The molecule has 0 aromatic rings. The maximum absolute atomic E-state index is 9.60. The molecule has 0 unspecified atom stereocenters. The van der Waals surface area contributed by atoms with Gasteiger partial charge in [-0.3, -0.25) is 0 Å². The van der Waals surface area contributed by atoms with Crippen molar-refractivity contribution in [2.75, 3.05) is 26.4 Å². The second-order valence-electron chi connectivity index (χ2n) is 1.98. The molecule has 0 aliphatic carbocycles. The number of aliphatic hydroxyl groups excluding tert-OH is 4. The van der Waals surface area contributed by atoms with Crippen LogP contribution in [0.2, 0.25) is 0 Å². The fourth-order valence-corrected chi connectivity index (χ4v) is 0. The fraction of sp³-hybridized carbons (Fsp3) is 0.625. The summed E-state index contributed by atoms with van der Waals surface area (Å²) in [7, 11) is 0. The first-order valence-corrected chi connectivity index (χ1v) is 3.80. The van der Waals surface area contributed by atoms with Crippen molar-refractivity contribution in [3.8, 4) is 0 Å². The zero-order valence-electron chi connectivity index (χ0n) is 8.18. The second kappa shape index (κ2) is 18.0. The van der Waals surface area contributed by atoms with Crippen molar-refractivity contribution in [2.24, 2.45) is 0 Å². The van der Waals surface area contributed by atoms with Crippen LogP contribution < -0.4 is 0 Å². The van der Waals surface area contributed by atoms with Crippen molar-refractivity contribution in [3.05, 3.63) is 12.2 Å². The van der Waals surface area contributed by atoms with Crippen LogP contribution in [0.4, 0.5) is 0 Å². The van der Waals surface area contributed by atoms with Crippen LogP contribution >= 0.6 is 0 Å². The molecular weight excluding hydrogens is 192 g/mol. The van der Waals surface area contributed by atoms with Crippen molar-refractivity contribution in [1.29, 1.82) is 0 Å². The Hall–Kier alpha value is -0.950. The lowest BCUT2D eigenvalue weighted by atomic mass is 10.4. The van der Waals surface area contributed by atoms with E-state index in [1.54, 1.807) is 0 Å². The van der Waals surface area contributed by atoms with Gasteiger partial charge in [0.1, 0.15) is 0 Å². The predicted molar refractivity (Wildman–Crippen MR) is 50.8 cm³/mol. The molecule has 0 heterocycles. The number of hydrogen-bond acceptors (Lipinski definition) is 5. The maximum atomic E-state index is 9.60. The number of carbonyl (C=O) groups is 1. The molecule has 6 heteroatoms. The third kappa shape index (κ3) is 43.8. The van der Waals surface area contributed by atoms with E-state index >= 15 is 0 Å². The van der Waals surface area contributed by atoms with E-state index in [-0.39, 0.29) is 32.0 Å². The van der Waals surface area contributed by atoms with Gasteiger partial charge in [0.05, 0.1) is 26.4 Å². The lowest BCUT2D eigenvalue weighted by Crippen LogP contribution is -1.92. The minimum atomic E-state index is -0.935. The molecule has 0 aliphatic rings. The van der Waals surface area contributed by atoms with E-state index in [9.17, 15) is 4.79 Å². The number of rotatable bonds is 3. The van der Waals surface area contributed by atoms with Gasteiger partial charge in [0.25, 0.3) is 0 Å². The molecule has 14 heavy (non-hydrogen) atoms. The largest absolute Gasteiger partial charge is 0.478 e. The first-order chi connectivity index (χ1) is 6.47. The molecule has 0 bridgehead atoms. The smallest absolute Gasteiger partial charge is 0.330 e. The Morgan fingerprint density at radius 2 is 1.14 bits per heavy atom. The standard InChI is InChI=1S/C4H6O2.2C2H6O2/c1-3(2)4(5)6;2*3-1-2-4/h1H2,2H3,(H,5,6);2*3-4H,1-2H2. The van der Waals surface area contributed by atoms with Crippen LogP contribution in [0.15, 0.2) is 12.2 Å². The van der Waals surface area contributed by atoms with Crippen molar-refractivity contribution in [2.45, 2.75) is 6.92 Å². The number of aliphatic hydroxyl groups is 4. The summed E-state index contributed by atoms with van der Waals surface area (Å²) in [6.45, 7) is 4.10. The third-order valence-corrected chi connectivity index (χ3v) is 0.565. The first kappa shape index (κ1) is 18.8. The molecular formula is C8H18O6. The van der Waals surface area contributed by atoms with E-state index in [0.717, 1.165) is 0 Å². The SMILES string of the molecule is C=C(C)C(=O)O.OCCO.OCCO. The third-order valence-electron chi connectivity index (χ3n) is 0.565. The van der Waals surface area contributed by atoms with Crippen LogP contribution in [0.5, 0.6) is 0 Å². The van der Waals surface area contributed by atoms with Gasteiger partial charge in [-0.1, -0.05) is 6.58 Å². The van der Waals surface area contributed by atoms with Crippen LogP contribution in [-0.2, 0) is 4.79 Å². The highest BCUT2D eigenvalue weighted by Crippen LogP contribution is 1.81. The summed E-state index contributed by atoms with van der Waals surface area (Å²) in [5.41, 5.74) is 0.176. The molecule has 0 amide bonds. The number of aliphatic carboxylic acids is 1. The van der Waals surface area contributed by atoms with Crippen LogP contribution in [0.25, 0.3) is 0 Å². The highest BCUT2D eigenvalue weighted by Gasteiger charge is 1.90. The molecule has 0 aromatic carbocycles. The van der Waals surface area contributed by atoms with E-state index in [2.05, 4.69) is 6.58 Å². The summed E-state index contributed by atoms with van der Waals surface area (Å²) in [6, 6.07) is 0. The lowest BCUT2D eigenvalue weighted by Gasteiger charge is -1.79. The van der Waals surface area contributed by atoms with Crippen molar-refractivity contribution in [3.63, 3.8) is 0 Å². The van der Waals surface area contributed by atoms with E-state index < -0.39 is 5.97 Å². The van der Waals surface area contributed by atoms with Gasteiger partial charge in [0, 0.05) is 5.57 Å². The Morgan fingerprint density at radius 3 is 1.14 bits per heavy atom. The molecule has 0 aromatic heterocycles. The topological polar surface area (TPSA) is 118 Å². The van der Waals surface area contributed by atoms with E-state index in [0.29, 0.717) is 0 Å². The first-order valence-electron chi connectivity index (χ1n) is 3.80. The molecule has 0 aliphatic heterocycles. The van der Waals surface area contributed by atoms with Gasteiger partial charge >= 0.3 is 5.97 Å². The predicted octanol–water partition coefficient (Wildman–Crippen LogP) is -1.41. The summed E-state index contributed by atoms with van der Waals surface area (Å²) in [5, 5.41) is 38.4. The Kier molecular flexibility index (Phi) is 24.1. The van der Waals surface area contributed by atoms with Crippen LogP contribution in [0.3, 0.4) is 0 Å². The van der Waals surface area contributed by atoms with Gasteiger partial charge in [-0.05, 0) is 6.92 Å². The molecule has 6 nitrogen and oxygen atoms in total. The Bertz CT molecular complexity index is 114. The van der Waals surface area contributed by atoms with Crippen LogP contribution in [0.1, 0.15) is 6.92 Å². The molecule has 5 N–H and O–H groups in total. The molecule has 0 fully saturated rings. The molecule has 0 atom stereocenters. The quantitative estimate of drug-likeness (QED) is 0.365. The van der Waals surface area contributed by atoms with Gasteiger partial charge in [-0.25, -0.2) is 4.79 Å². The van der Waals surface area contributed by atoms with Gasteiger partial charge in [0.15, 0.2) is 0 Å². The second-order valence-corrected chi connectivity index (χ2v) is 1.98. The summed E-state index contributed by atoms with van der Waals surface area (Å²) in [5.74, 6) is -0.935. The lowest BCUT2D eigenvalue weighted by molar-refractivity contribution is -0.132. The molecule has 0 radical (unpaired) electrons. The normalized spacial score (nSPS) is 7.50. The Balaban J connectivity index is -0.000000135. The Labute approximate surface area is 82.7 Å². The Morgan fingerprint density at radius 1 is 1.00 bits per heavy atom. The van der Waals surface area contributed by atoms with Gasteiger partial charge in [0.2, 0.25) is 0 Å². The minimum absolute atomic E-state index is 0.125. The summed E-state index contributed by atoms with van der Waals surface area (Å²) < 4.78 is 0. The molecule has 0 saturated heterocycles. The van der Waals surface area contributed by atoms with Crippen molar-refractivity contribution in [1.82, 2.24) is 0 Å². The van der Waals surface area contributed by atoms with E-state index in [1.165, 1.54) is 6.92 Å². The average molecular weight is 210 g/mol. The van der Waals surface area contributed by atoms with Crippen LogP contribution in [0, 0.1) is 0 Å². The van der Waals surface area contributed by atoms with Gasteiger partial charge < -0.3 is 25.5 Å². The monoisotopic (exact) mass is 210 g/mol. The zero-order valence-corrected chi connectivity index (χ0v) is 8.18. The minimum Gasteiger partial charge on any atom is -0.478 e. The molecule has 0 spiro atoms.